The maximum atomic E-state index is 12.9. The molecule has 2 saturated heterocycles. The number of rotatable bonds is 1. The fraction of sp³-hybridized carbons (Fsp3) is 0.529. The Morgan fingerprint density at radius 1 is 1.41 bits per heavy atom. The molecule has 0 bridgehead atoms. The average Bonchev–Trinajstić information content (AvgIpc) is 3.19. The molecule has 2 aromatic rings. The van der Waals surface area contributed by atoms with Crippen molar-refractivity contribution in [1.29, 1.82) is 0 Å². The lowest BCUT2D eigenvalue weighted by molar-refractivity contribution is 0.0118. The van der Waals surface area contributed by atoms with Crippen molar-refractivity contribution in [3.05, 3.63) is 30.0 Å². The molecule has 1 amide bonds. The van der Waals surface area contributed by atoms with Crippen molar-refractivity contribution >= 4 is 16.8 Å². The number of hydrogen-bond acceptors (Lipinski definition) is 3. The van der Waals surface area contributed by atoms with E-state index in [4.69, 9.17) is 4.74 Å². The predicted molar refractivity (Wildman–Crippen MR) is 83.7 cm³/mol. The molecule has 2 aliphatic heterocycles. The minimum atomic E-state index is -0.111. The van der Waals surface area contributed by atoms with Gasteiger partial charge >= 0.3 is 0 Å². The predicted octanol–water partition coefficient (Wildman–Crippen LogP) is 2.21. The van der Waals surface area contributed by atoms with Crippen LogP contribution in [0.15, 0.2) is 24.3 Å². The maximum Gasteiger partial charge on any atom is 0.275 e. The molecule has 0 saturated carbocycles. The summed E-state index contributed by atoms with van der Waals surface area (Å²) < 4.78 is 7.78. The number of ether oxygens (including phenoxy) is 1. The Labute approximate surface area is 129 Å². The Morgan fingerprint density at radius 3 is 3.00 bits per heavy atom. The summed E-state index contributed by atoms with van der Waals surface area (Å²) in [4.78, 5) is 14.8. The van der Waals surface area contributed by atoms with E-state index in [2.05, 4.69) is 12.0 Å². The monoisotopic (exact) mass is 299 g/mol. The van der Waals surface area contributed by atoms with Gasteiger partial charge in [-0.15, -0.1) is 0 Å². The third kappa shape index (κ3) is 2.03. The molecule has 3 heterocycles. The molecule has 2 aliphatic rings. The van der Waals surface area contributed by atoms with Gasteiger partial charge in [-0.1, -0.05) is 25.1 Å². The first-order valence-corrected chi connectivity index (χ1v) is 7.93. The van der Waals surface area contributed by atoms with E-state index in [0.29, 0.717) is 18.2 Å². The zero-order chi connectivity index (χ0) is 15.3. The van der Waals surface area contributed by atoms with Crippen LogP contribution in [0, 0.1) is 5.92 Å². The van der Waals surface area contributed by atoms with Crippen LogP contribution in [0.1, 0.15) is 30.3 Å². The zero-order valence-electron chi connectivity index (χ0n) is 13.1. The third-order valence-electron chi connectivity index (χ3n) is 4.96. The third-order valence-corrected chi connectivity index (χ3v) is 4.96. The van der Waals surface area contributed by atoms with Gasteiger partial charge in [0, 0.05) is 19.0 Å². The lowest BCUT2D eigenvalue weighted by atomic mass is 9.94. The van der Waals surface area contributed by atoms with Crippen LogP contribution in [0.3, 0.4) is 0 Å². The Kier molecular flexibility index (Phi) is 3.01. The van der Waals surface area contributed by atoms with E-state index in [1.807, 2.05) is 36.2 Å². The Hall–Kier alpha value is -1.88. The maximum absolute atomic E-state index is 12.9. The van der Waals surface area contributed by atoms with Gasteiger partial charge in [-0.05, 0) is 24.8 Å². The SMILES string of the molecule is C[C@H]1CO[C@@]2(CCN(C(=O)c3nn(C)c4ccccc34)C2)C1. The number of aryl methyl sites for hydroxylation is 1. The van der Waals surface area contributed by atoms with Gasteiger partial charge in [0.15, 0.2) is 5.69 Å². The number of para-hydroxylation sites is 1. The molecule has 2 fully saturated rings. The van der Waals surface area contributed by atoms with Crippen LogP contribution >= 0.6 is 0 Å². The molecule has 1 aromatic heterocycles. The minimum absolute atomic E-state index is 0.0248. The van der Waals surface area contributed by atoms with Gasteiger partial charge in [0.1, 0.15) is 0 Å². The zero-order valence-corrected chi connectivity index (χ0v) is 13.1. The molecule has 0 aliphatic carbocycles. The van der Waals surface area contributed by atoms with Gasteiger partial charge in [0.25, 0.3) is 5.91 Å². The number of carbonyl (C=O) groups is 1. The van der Waals surface area contributed by atoms with Crippen LogP contribution in [-0.2, 0) is 11.8 Å². The first kappa shape index (κ1) is 13.8. The van der Waals surface area contributed by atoms with E-state index in [0.717, 1.165) is 36.9 Å². The first-order valence-electron chi connectivity index (χ1n) is 7.93. The summed E-state index contributed by atoms with van der Waals surface area (Å²) in [6, 6.07) is 7.88. The van der Waals surface area contributed by atoms with E-state index < -0.39 is 0 Å². The molecule has 4 rings (SSSR count). The molecule has 1 spiro atoms. The molecule has 0 unspecified atom stereocenters. The average molecular weight is 299 g/mol. The number of amides is 1. The topological polar surface area (TPSA) is 47.4 Å². The summed E-state index contributed by atoms with van der Waals surface area (Å²) in [5.74, 6) is 0.613. The van der Waals surface area contributed by atoms with Crippen molar-refractivity contribution in [2.45, 2.75) is 25.4 Å². The number of hydrogen-bond donors (Lipinski definition) is 0. The van der Waals surface area contributed by atoms with Gasteiger partial charge in [0.2, 0.25) is 0 Å². The Balaban J connectivity index is 1.62. The largest absolute Gasteiger partial charge is 0.373 e. The minimum Gasteiger partial charge on any atom is -0.373 e. The smallest absolute Gasteiger partial charge is 0.275 e. The normalized spacial score (nSPS) is 28.1. The van der Waals surface area contributed by atoms with E-state index in [1.165, 1.54) is 0 Å². The fourth-order valence-electron chi connectivity index (χ4n) is 3.90. The Bertz CT molecular complexity index is 739. The number of benzene rings is 1. The summed E-state index contributed by atoms with van der Waals surface area (Å²) in [7, 11) is 1.88. The fourth-order valence-corrected chi connectivity index (χ4v) is 3.90. The van der Waals surface area contributed by atoms with Crippen LogP contribution in [0.4, 0.5) is 0 Å². The van der Waals surface area contributed by atoms with E-state index >= 15 is 0 Å². The van der Waals surface area contributed by atoms with Gasteiger partial charge in [-0.2, -0.15) is 5.10 Å². The van der Waals surface area contributed by atoms with Crippen LogP contribution < -0.4 is 0 Å². The summed E-state index contributed by atoms with van der Waals surface area (Å²) >= 11 is 0. The summed E-state index contributed by atoms with van der Waals surface area (Å²) in [5, 5.41) is 5.38. The number of nitrogens with zero attached hydrogens (tertiary/aromatic N) is 3. The summed E-state index contributed by atoms with van der Waals surface area (Å²) in [6.45, 7) is 4.48. The summed E-state index contributed by atoms with van der Waals surface area (Å²) in [6.07, 6.45) is 1.99. The molecule has 22 heavy (non-hydrogen) atoms. The molecule has 1 aromatic carbocycles. The first-order chi connectivity index (χ1) is 10.6. The lowest BCUT2D eigenvalue weighted by Gasteiger charge is -2.23. The van der Waals surface area contributed by atoms with Crippen molar-refractivity contribution in [2.75, 3.05) is 19.7 Å². The highest BCUT2D eigenvalue weighted by Gasteiger charge is 2.46. The van der Waals surface area contributed by atoms with E-state index in [9.17, 15) is 4.79 Å². The number of likely N-dealkylation sites (tertiary alicyclic amines) is 1. The van der Waals surface area contributed by atoms with Gasteiger partial charge in [0.05, 0.1) is 24.3 Å². The molecule has 2 atom stereocenters. The van der Waals surface area contributed by atoms with Crippen LogP contribution in [0.2, 0.25) is 0 Å². The second-order valence-electron chi connectivity index (χ2n) is 6.77. The van der Waals surface area contributed by atoms with Crippen molar-refractivity contribution in [2.24, 2.45) is 13.0 Å². The number of aromatic nitrogens is 2. The second kappa shape index (κ2) is 4.81. The highest BCUT2D eigenvalue weighted by atomic mass is 16.5. The van der Waals surface area contributed by atoms with Gasteiger partial charge in [-0.3, -0.25) is 9.48 Å². The molecule has 116 valence electrons. The Morgan fingerprint density at radius 2 is 2.23 bits per heavy atom. The van der Waals surface area contributed by atoms with Crippen LogP contribution in [0.25, 0.3) is 10.9 Å². The van der Waals surface area contributed by atoms with E-state index in [1.54, 1.807) is 4.68 Å². The molecule has 0 radical (unpaired) electrons. The lowest BCUT2D eigenvalue weighted by Crippen LogP contribution is -2.36. The van der Waals surface area contributed by atoms with Gasteiger partial charge in [-0.25, -0.2) is 0 Å². The van der Waals surface area contributed by atoms with Crippen LogP contribution in [-0.4, -0.2) is 45.9 Å². The number of carbonyl (C=O) groups excluding carboxylic acids is 1. The highest BCUT2D eigenvalue weighted by molar-refractivity contribution is 6.05. The molecule has 0 N–H and O–H groups in total. The molecule has 5 heteroatoms. The number of fused-ring (bicyclic) bond motifs is 1. The van der Waals surface area contributed by atoms with Crippen molar-refractivity contribution < 1.29 is 9.53 Å². The van der Waals surface area contributed by atoms with Crippen molar-refractivity contribution in [1.82, 2.24) is 14.7 Å². The van der Waals surface area contributed by atoms with Crippen molar-refractivity contribution in [3.8, 4) is 0 Å². The second-order valence-corrected chi connectivity index (χ2v) is 6.77. The van der Waals surface area contributed by atoms with Gasteiger partial charge < -0.3 is 9.64 Å². The molecule has 5 nitrogen and oxygen atoms in total. The van der Waals surface area contributed by atoms with Crippen LogP contribution in [0.5, 0.6) is 0 Å². The quantitative estimate of drug-likeness (QED) is 0.811. The molecular weight excluding hydrogens is 278 g/mol. The van der Waals surface area contributed by atoms with Crippen molar-refractivity contribution in [3.63, 3.8) is 0 Å². The highest BCUT2D eigenvalue weighted by Crippen LogP contribution is 2.38. The summed E-state index contributed by atoms with van der Waals surface area (Å²) in [5.41, 5.74) is 1.44. The standard InChI is InChI=1S/C17H21N3O2/c1-12-9-17(22-10-12)7-8-20(11-17)16(21)15-13-5-3-4-6-14(13)19(2)18-15/h3-6,12H,7-11H2,1-2H3/t12-,17+/m1/s1. The van der Waals surface area contributed by atoms with E-state index in [-0.39, 0.29) is 11.5 Å². The molecular formula is C17H21N3O2.